The van der Waals surface area contributed by atoms with E-state index in [1.54, 1.807) is 0 Å². The number of nitrogens with zero attached hydrogens (tertiary/aromatic N) is 4. The highest BCUT2D eigenvalue weighted by atomic mass is 15.2. The van der Waals surface area contributed by atoms with Crippen LogP contribution in [0.25, 0.3) is 118 Å². The lowest BCUT2D eigenvalue weighted by atomic mass is 9.85. The summed E-state index contributed by atoms with van der Waals surface area (Å²) in [6.45, 7) is 38.8. The van der Waals surface area contributed by atoms with E-state index in [0.717, 1.165) is 103 Å². The van der Waals surface area contributed by atoms with Crippen LogP contribution >= 0.6 is 0 Å². The van der Waals surface area contributed by atoms with Crippen LogP contribution in [0.2, 0.25) is 0 Å². The van der Waals surface area contributed by atoms with Gasteiger partial charge in [-0.15, -0.1) is 0 Å². The van der Waals surface area contributed by atoms with Crippen molar-refractivity contribution in [1.82, 2.24) is 0 Å². The summed E-state index contributed by atoms with van der Waals surface area (Å²) in [6.07, 6.45) is 13.1. The van der Waals surface area contributed by atoms with E-state index < -0.39 is 0 Å². The van der Waals surface area contributed by atoms with Gasteiger partial charge in [0.15, 0.2) is 0 Å². The minimum atomic E-state index is 0.818. The number of rotatable bonds is 28. The molecule has 0 heterocycles. The second-order valence-corrected chi connectivity index (χ2v) is 36.6. The molecule has 0 amide bonds. The van der Waals surface area contributed by atoms with Crippen LogP contribution < -0.4 is 19.6 Å². The quantitative estimate of drug-likeness (QED) is 0.0453. The number of anilines is 12. The average molecular weight is 1720 g/mol. The molecule has 0 spiro atoms. The lowest BCUT2D eigenvalue weighted by Crippen LogP contribution is -2.22. The Kier molecular flexibility index (Phi) is 23.7. The third-order valence-corrected chi connectivity index (χ3v) is 30.1. The Morgan fingerprint density at radius 1 is 0.136 bits per heavy atom. The van der Waals surface area contributed by atoms with Gasteiger partial charge in [0.25, 0.3) is 0 Å². The SMILES string of the molecule is CCc1cc2ccccc2c(CC)c1N(c1c(CC)cc2ccccc2c1CC)c1cc(N(c2c(CC)cc3ccccc3c2CC)c2c(CC)cc3ccccc3c2CC)c2ccc3c(N(c4c(CC)cc5ccccc5c4CC)c4c(CC)cc5ccccc5c4CC)cc(N(c4c(CC)cc5ccccc5c4CC)c4c(CC)cc5ccccc5c4CC)c4ccc1c2c43. The van der Waals surface area contributed by atoms with Crippen LogP contribution in [0.5, 0.6) is 0 Å². The highest BCUT2D eigenvalue weighted by molar-refractivity contribution is 6.34. The van der Waals surface area contributed by atoms with E-state index in [9.17, 15) is 0 Å². The summed E-state index contributed by atoms with van der Waals surface area (Å²) in [5, 5.41) is 28.0. The van der Waals surface area contributed by atoms with Crippen LogP contribution in [0.4, 0.5) is 68.2 Å². The molecule has 0 aliphatic heterocycles. The van der Waals surface area contributed by atoms with Crippen molar-refractivity contribution in [3.63, 3.8) is 0 Å². The minimum Gasteiger partial charge on any atom is -0.309 e. The van der Waals surface area contributed by atoms with E-state index in [4.69, 9.17) is 0 Å². The smallest absolute Gasteiger partial charge is 0.0562 e. The predicted molar refractivity (Wildman–Crippen MR) is 579 cm³/mol. The minimum absolute atomic E-state index is 0.818. The topological polar surface area (TPSA) is 13.0 Å². The van der Waals surface area contributed by atoms with Gasteiger partial charge in [-0.05, 0) is 339 Å². The van der Waals surface area contributed by atoms with Crippen LogP contribution in [0, 0.1) is 0 Å². The van der Waals surface area contributed by atoms with Gasteiger partial charge in [-0.2, -0.15) is 0 Å². The molecule has 0 bridgehead atoms. The lowest BCUT2D eigenvalue weighted by molar-refractivity contribution is 1.03. The number of aryl methyl sites for hydroxylation is 16. The fraction of sp³-hybridized carbons (Fsp3) is 0.250. The third-order valence-electron chi connectivity index (χ3n) is 30.1. The standard InChI is InChI=1S/C128H126N4/c1-17-79-69-87-49-33-41-57-103(87)95(25-9)121(79)129(122-80(18-2)70-88-50-34-42-58-104(88)96(122)26-10)115-77-116(130(123-81(19-3)71-89-51-35-43-59-105(89)97(123)27-11)124-82(20-4)72-90-52-36-44-60-106(90)98(124)28-12)112-67-68-114-118(132(127-85(23-7)75-93-55-39-47-63-109(93)101(127)31-15)128-86(24-8)76-94-56-40-48-64-110(94)102(128)32-16)78-117(113-66-65-111(115)119(112)120(113)114)131(125-83(21-5)73-91-53-37-45-61-107(91)99(125)29-13)126-84(22-6)74-92-54-38-46-62-108(92)100(126)30-14/h33-78H,17-32H2,1-16H3. The van der Waals surface area contributed by atoms with Gasteiger partial charge in [0, 0.05) is 32.3 Å². The number of hydrogen-bond donors (Lipinski definition) is 0. The normalized spacial score (nSPS) is 12.0. The Morgan fingerprint density at radius 3 is 0.386 bits per heavy atom. The predicted octanol–water partition coefficient (Wildman–Crippen LogP) is 36.7. The van der Waals surface area contributed by atoms with Gasteiger partial charge in [0.1, 0.15) is 0 Å². The lowest BCUT2D eigenvalue weighted by Gasteiger charge is -2.40. The Hall–Kier alpha value is -13.3. The van der Waals surface area contributed by atoms with Crippen molar-refractivity contribution in [2.75, 3.05) is 19.6 Å². The monoisotopic (exact) mass is 1720 g/mol. The van der Waals surface area contributed by atoms with Crippen LogP contribution in [-0.4, -0.2) is 0 Å². The summed E-state index contributed by atoms with van der Waals surface area (Å²) in [4.78, 5) is 11.7. The van der Waals surface area contributed by atoms with E-state index in [-0.39, 0.29) is 0 Å². The summed E-state index contributed by atoms with van der Waals surface area (Å²) < 4.78 is 0. The van der Waals surface area contributed by atoms with Gasteiger partial charge in [-0.3, -0.25) is 0 Å². The van der Waals surface area contributed by atoms with E-state index >= 15 is 0 Å². The molecular formula is C128H126N4. The molecule has 658 valence electrons. The van der Waals surface area contributed by atoms with E-state index in [1.807, 2.05) is 0 Å². The van der Waals surface area contributed by atoms with Crippen molar-refractivity contribution >= 4 is 187 Å². The second-order valence-electron chi connectivity index (χ2n) is 36.6. The molecule has 0 fully saturated rings. The molecule has 132 heavy (non-hydrogen) atoms. The van der Waals surface area contributed by atoms with Gasteiger partial charge in [0.05, 0.1) is 68.2 Å². The fourth-order valence-electron chi connectivity index (χ4n) is 24.1. The molecule has 20 aromatic rings. The van der Waals surface area contributed by atoms with Gasteiger partial charge in [-0.1, -0.05) is 329 Å². The summed E-state index contributed by atoms with van der Waals surface area (Å²) >= 11 is 0. The molecule has 0 unspecified atom stereocenters. The largest absolute Gasteiger partial charge is 0.309 e. The zero-order chi connectivity index (χ0) is 91.0. The van der Waals surface area contributed by atoms with E-state index in [1.165, 1.54) is 276 Å². The zero-order valence-corrected chi connectivity index (χ0v) is 80.7. The number of fused-ring (bicyclic) bond motifs is 8. The first-order chi connectivity index (χ1) is 64.8. The van der Waals surface area contributed by atoms with Crippen molar-refractivity contribution in [2.45, 2.75) is 214 Å². The molecule has 20 aromatic carbocycles. The highest BCUT2D eigenvalue weighted by Crippen LogP contribution is 2.62. The molecule has 0 atom stereocenters. The van der Waals surface area contributed by atoms with Gasteiger partial charge < -0.3 is 19.6 Å². The van der Waals surface area contributed by atoms with Crippen molar-refractivity contribution in [1.29, 1.82) is 0 Å². The Morgan fingerprint density at radius 2 is 0.265 bits per heavy atom. The van der Waals surface area contributed by atoms with Crippen LogP contribution in [0.15, 0.2) is 279 Å². The molecule has 0 radical (unpaired) electrons. The summed E-state index contributed by atoms with van der Waals surface area (Å²) in [6, 6.07) is 111. The maximum absolute atomic E-state index is 2.92. The molecule has 0 N–H and O–H groups in total. The first-order valence-corrected chi connectivity index (χ1v) is 50.1. The summed E-state index contributed by atoms with van der Waals surface area (Å²) in [7, 11) is 0. The molecule has 0 aromatic heterocycles. The molecule has 4 nitrogen and oxygen atoms in total. The molecule has 0 saturated carbocycles. The van der Waals surface area contributed by atoms with Crippen molar-refractivity contribution in [3.05, 3.63) is 368 Å². The second kappa shape index (κ2) is 36.1. The Bertz CT molecular complexity index is 6640. The van der Waals surface area contributed by atoms with Crippen molar-refractivity contribution < 1.29 is 0 Å². The molecule has 0 aliphatic rings. The van der Waals surface area contributed by atoms with Crippen molar-refractivity contribution in [2.24, 2.45) is 0 Å². The molecule has 20 rings (SSSR count). The first kappa shape index (κ1) is 86.7. The van der Waals surface area contributed by atoms with Gasteiger partial charge in [-0.25, -0.2) is 0 Å². The fourth-order valence-corrected chi connectivity index (χ4v) is 24.1. The molecule has 4 heteroatoms. The van der Waals surface area contributed by atoms with Gasteiger partial charge >= 0.3 is 0 Å². The summed E-state index contributed by atoms with van der Waals surface area (Å²) in [5.74, 6) is 0. The molecule has 0 aliphatic carbocycles. The van der Waals surface area contributed by atoms with Crippen LogP contribution in [0.3, 0.4) is 0 Å². The maximum Gasteiger partial charge on any atom is 0.0562 e. The maximum atomic E-state index is 2.92. The van der Waals surface area contributed by atoms with Gasteiger partial charge in [0.2, 0.25) is 0 Å². The summed E-state index contributed by atoms with van der Waals surface area (Å²) in [5.41, 5.74) is 36.5. The zero-order valence-electron chi connectivity index (χ0n) is 80.7. The number of benzene rings is 20. The molecular weight excluding hydrogens is 1590 g/mol. The third kappa shape index (κ3) is 13.8. The Labute approximate surface area is 782 Å². The van der Waals surface area contributed by atoms with Crippen LogP contribution in [0.1, 0.15) is 200 Å². The van der Waals surface area contributed by atoms with E-state index in [2.05, 4.69) is 409 Å². The Balaban J connectivity index is 1.12. The first-order valence-electron chi connectivity index (χ1n) is 50.1. The van der Waals surface area contributed by atoms with E-state index in [0.29, 0.717) is 0 Å². The molecule has 0 saturated heterocycles. The van der Waals surface area contributed by atoms with Crippen molar-refractivity contribution in [3.8, 4) is 0 Å². The average Bonchev–Trinajstić information content (AvgIpc) is 0.685. The number of hydrogen-bond acceptors (Lipinski definition) is 4. The van der Waals surface area contributed by atoms with Crippen LogP contribution in [-0.2, 0) is 103 Å². The highest BCUT2D eigenvalue weighted by Gasteiger charge is 2.38.